The Kier molecular flexibility index (Phi) is 5.63. The molecule has 0 aliphatic heterocycles. The summed E-state index contributed by atoms with van der Waals surface area (Å²) in [5.74, 6) is -0.252. The fourth-order valence-electron chi connectivity index (χ4n) is 1.79. The topological polar surface area (TPSA) is 92.4 Å². The zero-order chi connectivity index (χ0) is 16.2. The molecule has 116 valence electrons. The van der Waals surface area contributed by atoms with E-state index in [1.54, 1.807) is 6.92 Å². The third-order valence-electron chi connectivity index (χ3n) is 3.11. The van der Waals surface area contributed by atoms with Gasteiger partial charge < -0.3 is 14.6 Å². The first-order valence-corrected chi connectivity index (χ1v) is 6.71. The molecule has 21 heavy (non-hydrogen) atoms. The van der Waals surface area contributed by atoms with Crippen molar-refractivity contribution in [1.82, 2.24) is 14.9 Å². The molecule has 0 saturated carbocycles. The van der Waals surface area contributed by atoms with Crippen molar-refractivity contribution in [2.75, 3.05) is 20.7 Å². The molecule has 7 heteroatoms. The van der Waals surface area contributed by atoms with Crippen LogP contribution in [0, 0.1) is 6.92 Å². The van der Waals surface area contributed by atoms with Gasteiger partial charge in [0.25, 0.3) is 11.5 Å². The number of nitrogens with one attached hydrogen (secondary N) is 1. The molecule has 0 spiro atoms. The summed E-state index contributed by atoms with van der Waals surface area (Å²) in [6, 6.07) is 0. The van der Waals surface area contributed by atoms with E-state index in [2.05, 4.69) is 14.7 Å². The van der Waals surface area contributed by atoms with Crippen molar-refractivity contribution in [3.8, 4) is 0 Å². The van der Waals surface area contributed by atoms with Crippen LogP contribution in [0.3, 0.4) is 0 Å². The quantitative estimate of drug-likeness (QED) is 0.812. The van der Waals surface area contributed by atoms with Crippen molar-refractivity contribution in [2.45, 2.75) is 33.1 Å². The molecule has 0 fully saturated rings. The summed E-state index contributed by atoms with van der Waals surface area (Å²) in [5, 5.41) is 0. The van der Waals surface area contributed by atoms with Crippen LogP contribution >= 0.6 is 0 Å². The van der Waals surface area contributed by atoms with Crippen LogP contribution in [0.1, 0.15) is 48.1 Å². The Morgan fingerprint density at radius 1 is 1.38 bits per heavy atom. The maximum absolute atomic E-state index is 12.3. The van der Waals surface area contributed by atoms with E-state index in [1.807, 2.05) is 13.8 Å². The Morgan fingerprint density at radius 2 is 2.00 bits per heavy atom. The molecular weight excluding hydrogens is 274 g/mol. The summed E-state index contributed by atoms with van der Waals surface area (Å²) in [4.78, 5) is 43.6. The highest BCUT2D eigenvalue weighted by molar-refractivity contribution is 5.94. The van der Waals surface area contributed by atoms with Gasteiger partial charge >= 0.3 is 5.97 Å². The molecule has 1 heterocycles. The van der Waals surface area contributed by atoms with E-state index in [0.717, 1.165) is 0 Å². The molecular formula is C14H21N3O4. The number of hydrogen-bond acceptors (Lipinski definition) is 5. The zero-order valence-electron chi connectivity index (χ0n) is 13.0. The van der Waals surface area contributed by atoms with Gasteiger partial charge in [-0.25, -0.2) is 4.98 Å². The number of esters is 1. The number of carbonyl (C=O) groups excluding carboxylic acids is 2. The Labute approximate surface area is 123 Å². The van der Waals surface area contributed by atoms with Gasteiger partial charge in [-0.3, -0.25) is 14.4 Å². The Bertz CT molecular complexity index is 592. The molecule has 1 N–H and O–H groups in total. The molecule has 1 aromatic heterocycles. The van der Waals surface area contributed by atoms with Gasteiger partial charge in [0.2, 0.25) is 0 Å². The molecule has 1 rings (SSSR count). The zero-order valence-corrected chi connectivity index (χ0v) is 13.0. The first-order valence-electron chi connectivity index (χ1n) is 6.71. The number of amides is 1. The van der Waals surface area contributed by atoms with Crippen LogP contribution in [0.15, 0.2) is 4.79 Å². The summed E-state index contributed by atoms with van der Waals surface area (Å²) < 4.78 is 4.52. The van der Waals surface area contributed by atoms with Crippen molar-refractivity contribution in [1.29, 1.82) is 0 Å². The Morgan fingerprint density at radius 3 is 2.48 bits per heavy atom. The average molecular weight is 295 g/mol. The van der Waals surface area contributed by atoms with E-state index < -0.39 is 17.4 Å². The van der Waals surface area contributed by atoms with Crippen molar-refractivity contribution >= 4 is 11.9 Å². The standard InChI is InChI=1S/C14H21N3O4/c1-8(2)12-15-9(3)11(13(19)16-12)14(20)17(4)7-6-10(18)21-5/h8H,6-7H2,1-5H3,(H,15,16,19). The summed E-state index contributed by atoms with van der Waals surface area (Å²) in [6.07, 6.45) is 0.0766. The van der Waals surface area contributed by atoms with Gasteiger partial charge in [0.05, 0.1) is 19.2 Å². The number of carbonyl (C=O) groups is 2. The number of H-pyrrole nitrogens is 1. The highest BCUT2D eigenvalue weighted by Crippen LogP contribution is 2.10. The Balaban J connectivity index is 2.97. The lowest BCUT2D eigenvalue weighted by Gasteiger charge is -2.17. The summed E-state index contributed by atoms with van der Waals surface area (Å²) in [6.45, 7) is 5.61. The maximum atomic E-state index is 12.3. The van der Waals surface area contributed by atoms with Gasteiger partial charge in [-0.1, -0.05) is 13.8 Å². The molecule has 0 aromatic carbocycles. The van der Waals surface area contributed by atoms with Crippen LogP contribution in [-0.4, -0.2) is 47.4 Å². The summed E-state index contributed by atoms with van der Waals surface area (Å²) in [5.41, 5.74) is -0.0646. The predicted molar refractivity (Wildman–Crippen MR) is 77.3 cm³/mol. The van der Waals surface area contributed by atoms with E-state index >= 15 is 0 Å². The average Bonchev–Trinajstić information content (AvgIpc) is 2.42. The summed E-state index contributed by atoms with van der Waals surface area (Å²) >= 11 is 0. The minimum atomic E-state index is -0.458. The molecule has 0 aliphatic carbocycles. The second kappa shape index (κ2) is 7.01. The lowest BCUT2D eigenvalue weighted by atomic mass is 10.1. The fourth-order valence-corrected chi connectivity index (χ4v) is 1.79. The number of aromatic amines is 1. The van der Waals surface area contributed by atoms with Crippen LogP contribution in [0.5, 0.6) is 0 Å². The second-order valence-corrected chi connectivity index (χ2v) is 5.12. The molecule has 0 unspecified atom stereocenters. The highest BCUT2D eigenvalue weighted by atomic mass is 16.5. The smallest absolute Gasteiger partial charge is 0.307 e. The van der Waals surface area contributed by atoms with Crippen LogP contribution in [0.2, 0.25) is 0 Å². The van der Waals surface area contributed by atoms with Gasteiger partial charge in [-0.05, 0) is 6.92 Å². The largest absolute Gasteiger partial charge is 0.469 e. The predicted octanol–water partition coefficient (Wildman–Crippen LogP) is 0.837. The van der Waals surface area contributed by atoms with Gasteiger partial charge in [-0.15, -0.1) is 0 Å². The third kappa shape index (κ3) is 4.14. The lowest BCUT2D eigenvalue weighted by molar-refractivity contribution is -0.140. The first kappa shape index (κ1) is 16.9. The van der Waals surface area contributed by atoms with E-state index in [0.29, 0.717) is 11.5 Å². The van der Waals surface area contributed by atoms with Crippen molar-refractivity contribution in [2.24, 2.45) is 0 Å². The minimum Gasteiger partial charge on any atom is -0.469 e. The second-order valence-electron chi connectivity index (χ2n) is 5.12. The summed E-state index contributed by atoms with van der Waals surface area (Å²) in [7, 11) is 2.81. The molecule has 0 bridgehead atoms. The third-order valence-corrected chi connectivity index (χ3v) is 3.11. The van der Waals surface area contributed by atoms with Crippen molar-refractivity contribution in [3.63, 3.8) is 0 Å². The molecule has 0 radical (unpaired) electrons. The number of aromatic nitrogens is 2. The van der Waals surface area contributed by atoms with Crippen LogP contribution in [0.4, 0.5) is 0 Å². The van der Waals surface area contributed by atoms with E-state index in [9.17, 15) is 14.4 Å². The normalized spacial score (nSPS) is 10.6. The van der Waals surface area contributed by atoms with Crippen molar-refractivity contribution in [3.05, 3.63) is 27.4 Å². The minimum absolute atomic E-state index is 0.00626. The lowest BCUT2D eigenvalue weighted by Crippen LogP contribution is -2.35. The number of aryl methyl sites for hydroxylation is 1. The molecule has 0 atom stereocenters. The monoisotopic (exact) mass is 295 g/mol. The van der Waals surface area contributed by atoms with Crippen LogP contribution in [-0.2, 0) is 9.53 Å². The molecule has 0 saturated heterocycles. The van der Waals surface area contributed by atoms with Gasteiger partial charge in [0.1, 0.15) is 11.4 Å². The van der Waals surface area contributed by atoms with Crippen molar-refractivity contribution < 1.29 is 14.3 Å². The number of rotatable bonds is 5. The fraction of sp³-hybridized carbons (Fsp3) is 0.571. The van der Waals surface area contributed by atoms with Gasteiger partial charge in [0.15, 0.2) is 0 Å². The molecule has 7 nitrogen and oxygen atoms in total. The van der Waals surface area contributed by atoms with Crippen LogP contribution in [0.25, 0.3) is 0 Å². The number of nitrogens with zero attached hydrogens (tertiary/aromatic N) is 2. The first-order chi connectivity index (χ1) is 9.77. The van der Waals surface area contributed by atoms with E-state index in [-0.39, 0.29) is 24.4 Å². The van der Waals surface area contributed by atoms with E-state index in [4.69, 9.17) is 0 Å². The Hall–Kier alpha value is -2.18. The highest BCUT2D eigenvalue weighted by Gasteiger charge is 2.21. The number of ether oxygens (including phenoxy) is 1. The van der Waals surface area contributed by atoms with Crippen LogP contribution < -0.4 is 5.56 Å². The molecule has 1 amide bonds. The SMILES string of the molecule is COC(=O)CCN(C)C(=O)c1c(C)nc(C(C)C)[nH]c1=O. The maximum Gasteiger partial charge on any atom is 0.307 e. The van der Waals surface area contributed by atoms with Gasteiger partial charge in [-0.2, -0.15) is 0 Å². The van der Waals surface area contributed by atoms with E-state index in [1.165, 1.54) is 19.1 Å². The molecule has 1 aromatic rings. The number of methoxy groups -OCH3 is 1. The van der Waals surface area contributed by atoms with Gasteiger partial charge in [0, 0.05) is 19.5 Å². The number of hydrogen-bond donors (Lipinski definition) is 1. The molecule has 0 aliphatic rings.